The largest absolute Gasteiger partial charge is 0.493 e. The average molecular weight is 336 g/mol. The first-order chi connectivity index (χ1) is 11.7. The second-order valence-electron chi connectivity index (χ2n) is 6.73. The summed E-state index contributed by atoms with van der Waals surface area (Å²) < 4.78 is 16.8. The summed E-state index contributed by atoms with van der Waals surface area (Å²) in [7, 11) is 3.80. The van der Waals surface area contributed by atoms with Crippen molar-refractivity contribution in [2.24, 2.45) is 0 Å². The van der Waals surface area contributed by atoms with Crippen LogP contribution in [0, 0.1) is 0 Å². The predicted octanol–water partition coefficient (Wildman–Crippen LogP) is 1.40. The van der Waals surface area contributed by atoms with Crippen LogP contribution in [-0.4, -0.2) is 62.6 Å². The Labute approximate surface area is 143 Å². The molecule has 0 aliphatic carbocycles. The van der Waals surface area contributed by atoms with Crippen LogP contribution in [0.25, 0.3) is 0 Å². The fourth-order valence-corrected chi connectivity index (χ4v) is 3.49. The molecule has 3 rings (SSSR count). The second kappa shape index (κ2) is 7.59. The van der Waals surface area contributed by atoms with E-state index in [0.717, 1.165) is 50.2 Å². The molecule has 0 radical (unpaired) electrons. The number of aliphatic hydroxyl groups is 1. The van der Waals surface area contributed by atoms with Gasteiger partial charge in [0.15, 0.2) is 11.5 Å². The highest BCUT2D eigenvalue weighted by atomic mass is 16.6. The lowest BCUT2D eigenvalue weighted by molar-refractivity contribution is 0.121. The summed E-state index contributed by atoms with van der Waals surface area (Å²) in [6, 6.07) is 4.02. The van der Waals surface area contributed by atoms with Crippen LogP contribution in [0.2, 0.25) is 0 Å². The number of benzene rings is 1. The molecule has 134 valence electrons. The Kier molecular flexibility index (Phi) is 5.48. The third-order valence-corrected chi connectivity index (χ3v) is 5.09. The third kappa shape index (κ3) is 3.77. The molecule has 1 aromatic rings. The molecule has 2 aliphatic rings. The Hall–Kier alpha value is -1.50. The van der Waals surface area contributed by atoms with Gasteiger partial charge in [0.2, 0.25) is 5.75 Å². The standard InChI is InChI=1S/C18H28N2O4/c1-20-6-3-18(4-7-20,5-8-21)19-13-14-11-15(22-2)17-16(12-14)23-9-10-24-17/h11-12,19,21H,3-10,13H2,1-2H3. The zero-order chi connectivity index (χ0) is 17.0. The van der Waals surface area contributed by atoms with Gasteiger partial charge in [0, 0.05) is 18.7 Å². The van der Waals surface area contributed by atoms with E-state index in [-0.39, 0.29) is 12.1 Å². The Balaban J connectivity index is 1.73. The van der Waals surface area contributed by atoms with Crippen molar-refractivity contribution in [1.29, 1.82) is 0 Å². The molecule has 0 aromatic heterocycles. The number of ether oxygens (including phenoxy) is 3. The second-order valence-corrected chi connectivity index (χ2v) is 6.73. The molecule has 0 bridgehead atoms. The molecule has 2 N–H and O–H groups in total. The van der Waals surface area contributed by atoms with Crippen LogP contribution in [0.3, 0.4) is 0 Å². The number of fused-ring (bicyclic) bond motifs is 1. The molecule has 6 nitrogen and oxygen atoms in total. The number of nitrogens with one attached hydrogen (secondary N) is 1. The number of rotatable bonds is 6. The van der Waals surface area contributed by atoms with Gasteiger partial charge in [0.1, 0.15) is 13.2 Å². The lowest BCUT2D eigenvalue weighted by atomic mass is 9.84. The molecule has 24 heavy (non-hydrogen) atoms. The van der Waals surface area contributed by atoms with E-state index in [1.54, 1.807) is 7.11 Å². The van der Waals surface area contributed by atoms with Crippen LogP contribution in [0.5, 0.6) is 17.2 Å². The minimum absolute atomic E-state index is 0.00174. The van der Waals surface area contributed by atoms with Crippen molar-refractivity contribution in [3.8, 4) is 17.2 Å². The molecular weight excluding hydrogens is 308 g/mol. The van der Waals surface area contributed by atoms with Crippen LogP contribution in [-0.2, 0) is 6.54 Å². The van der Waals surface area contributed by atoms with Crippen molar-refractivity contribution in [3.05, 3.63) is 17.7 Å². The SMILES string of the molecule is COc1cc(CNC2(CCO)CCN(C)CC2)cc2c1OCCO2. The highest BCUT2D eigenvalue weighted by Gasteiger charge is 2.32. The minimum atomic E-state index is 0.00174. The minimum Gasteiger partial charge on any atom is -0.493 e. The van der Waals surface area contributed by atoms with Crippen molar-refractivity contribution in [2.45, 2.75) is 31.3 Å². The van der Waals surface area contributed by atoms with Crippen LogP contribution in [0.15, 0.2) is 12.1 Å². The molecule has 1 fully saturated rings. The van der Waals surface area contributed by atoms with Gasteiger partial charge in [0.25, 0.3) is 0 Å². The molecule has 6 heteroatoms. The zero-order valence-corrected chi connectivity index (χ0v) is 14.6. The maximum atomic E-state index is 9.48. The van der Waals surface area contributed by atoms with Crippen LogP contribution >= 0.6 is 0 Å². The third-order valence-electron chi connectivity index (χ3n) is 5.09. The summed E-state index contributed by atoms with van der Waals surface area (Å²) in [6.45, 7) is 4.15. The molecule has 2 aliphatic heterocycles. The van der Waals surface area contributed by atoms with Crippen molar-refractivity contribution in [2.75, 3.05) is 47.1 Å². The van der Waals surface area contributed by atoms with Crippen molar-refractivity contribution in [1.82, 2.24) is 10.2 Å². The van der Waals surface area contributed by atoms with Gasteiger partial charge < -0.3 is 29.5 Å². The maximum Gasteiger partial charge on any atom is 0.203 e. The average Bonchev–Trinajstić information content (AvgIpc) is 2.62. The van der Waals surface area contributed by atoms with Gasteiger partial charge >= 0.3 is 0 Å². The van der Waals surface area contributed by atoms with Gasteiger partial charge in [0.05, 0.1) is 7.11 Å². The van der Waals surface area contributed by atoms with E-state index in [0.29, 0.717) is 24.7 Å². The molecular formula is C18H28N2O4. The topological polar surface area (TPSA) is 63.2 Å². The summed E-state index contributed by atoms with van der Waals surface area (Å²) in [5.41, 5.74) is 1.11. The van der Waals surface area contributed by atoms with E-state index in [4.69, 9.17) is 14.2 Å². The van der Waals surface area contributed by atoms with E-state index in [1.165, 1.54) is 0 Å². The Morgan fingerprint density at radius 1 is 1.25 bits per heavy atom. The normalized spacial score (nSPS) is 20.0. The maximum absolute atomic E-state index is 9.48. The lowest BCUT2D eigenvalue weighted by Crippen LogP contribution is -2.52. The van der Waals surface area contributed by atoms with Gasteiger partial charge in [-0.3, -0.25) is 0 Å². The number of piperidine rings is 1. The predicted molar refractivity (Wildman–Crippen MR) is 92.0 cm³/mol. The highest BCUT2D eigenvalue weighted by Crippen LogP contribution is 2.40. The summed E-state index contributed by atoms with van der Waals surface area (Å²) in [5, 5.41) is 13.2. The molecule has 0 atom stereocenters. The number of hydrogen-bond acceptors (Lipinski definition) is 6. The van der Waals surface area contributed by atoms with Crippen molar-refractivity contribution < 1.29 is 19.3 Å². The van der Waals surface area contributed by atoms with E-state index in [1.807, 2.05) is 12.1 Å². The van der Waals surface area contributed by atoms with Crippen molar-refractivity contribution in [3.63, 3.8) is 0 Å². The quantitative estimate of drug-likeness (QED) is 0.819. The smallest absolute Gasteiger partial charge is 0.203 e. The first kappa shape index (κ1) is 17.3. The van der Waals surface area contributed by atoms with Crippen LogP contribution < -0.4 is 19.5 Å². The Morgan fingerprint density at radius 2 is 2.00 bits per heavy atom. The number of hydrogen-bond donors (Lipinski definition) is 2. The van der Waals surface area contributed by atoms with Gasteiger partial charge in [-0.05, 0) is 57.1 Å². The van der Waals surface area contributed by atoms with Gasteiger partial charge in [-0.15, -0.1) is 0 Å². The highest BCUT2D eigenvalue weighted by molar-refractivity contribution is 5.54. The van der Waals surface area contributed by atoms with Crippen LogP contribution in [0.4, 0.5) is 0 Å². The lowest BCUT2D eigenvalue weighted by Gasteiger charge is -2.41. The molecule has 0 saturated carbocycles. The zero-order valence-electron chi connectivity index (χ0n) is 14.6. The summed E-state index contributed by atoms with van der Waals surface area (Å²) in [5.74, 6) is 2.15. The van der Waals surface area contributed by atoms with E-state index >= 15 is 0 Å². The number of likely N-dealkylation sites (tertiary alicyclic amines) is 1. The van der Waals surface area contributed by atoms with Gasteiger partial charge in [-0.2, -0.15) is 0 Å². The Morgan fingerprint density at radius 3 is 2.71 bits per heavy atom. The number of methoxy groups -OCH3 is 1. The number of aliphatic hydroxyl groups excluding tert-OH is 1. The molecule has 0 amide bonds. The van der Waals surface area contributed by atoms with Crippen molar-refractivity contribution >= 4 is 0 Å². The van der Waals surface area contributed by atoms with Gasteiger partial charge in [-0.25, -0.2) is 0 Å². The number of nitrogens with zero attached hydrogens (tertiary/aromatic N) is 1. The van der Waals surface area contributed by atoms with E-state index in [2.05, 4.69) is 17.3 Å². The Bertz CT molecular complexity index is 539. The fourth-order valence-electron chi connectivity index (χ4n) is 3.49. The van der Waals surface area contributed by atoms with Gasteiger partial charge in [-0.1, -0.05) is 0 Å². The summed E-state index contributed by atoms with van der Waals surface area (Å²) in [4.78, 5) is 2.34. The molecule has 0 spiro atoms. The van der Waals surface area contributed by atoms with E-state index < -0.39 is 0 Å². The first-order valence-corrected chi connectivity index (χ1v) is 8.67. The molecule has 2 heterocycles. The van der Waals surface area contributed by atoms with E-state index in [9.17, 15) is 5.11 Å². The molecule has 1 saturated heterocycles. The first-order valence-electron chi connectivity index (χ1n) is 8.67. The fraction of sp³-hybridized carbons (Fsp3) is 0.667. The molecule has 0 unspecified atom stereocenters. The summed E-state index contributed by atoms with van der Waals surface area (Å²) >= 11 is 0. The van der Waals surface area contributed by atoms with Crippen LogP contribution in [0.1, 0.15) is 24.8 Å². The summed E-state index contributed by atoms with van der Waals surface area (Å²) in [6.07, 6.45) is 2.88. The molecule has 1 aromatic carbocycles. The monoisotopic (exact) mass is 336 g/mol.